The van der Waals surface area contributed by atoms with Crippen LogP contribution in [0, 0.1) is 11.3 Å². The Hall–Kier alpha value is -4.04. The van der Waals surface area contributed by atoms with Crippen molar-refractivity contribution in [2.75, 3.05) is 6.54 Å². The zero-order valence-corrected chi connectivity index (χ0v) is 21.8. The second kappa shape index (κ2) is 9.93. The predicted octanol–water partition coefficient (Wildman–Crippen LogP) is 5.11. The lowest BCUT2D eigenvalue weighted by Gasteiger charge is -2.35. The highest BCUT2D eigenvalue weighted by Gasteiger charge is 2.39. The van der Waals surface area contributed by atoms with Gasteiger partial charge in [0.05, 0.1) is 35.4 Å². The molecule has 3 heterocycles. The van der Waals surface area contributed by atoms with Crippen molar-refractivity contribution in [3.8, 4) is 11.8 Å². The number of hydrogen-bond donors (Lipinski definition) is 0. The molecule has 0 spiro atoms. The number of nitrogens with zero attached hydrogens (tertiary/aromatic N) is 5. The van der Waals surface area contributed by atoms with E-state index >= 15 is 0 Å². The summed E-state index contributed by atoms with van der Waals surface area (Å²) in [5.74, 6) is -0.968. The van der Waals surface area contributed by atoms with Gasteiger partial charge in [0.2, 0.25) is 0 Å². The van der Waals surface area contributed by atoms with Gasteiger partial charge < -0.3 is 14.5 Å². The molecule has 5 rings (SSSR count). The molecule has 39 heavy (non-hydrogen) atoms. The average Bonchev–Trinajstić information content (AvgIpc) is 3.25. The van der Waals surface area contributed by atoms with Gasteiger partial charge in [-0.1, -0.05) is 23.7 Å². The van der Waals surface area contributed by atoms with E-state index in [1.165, 1.54) is 30.3 Å². The van der Waals surface area contributed by atoms with Crippen LogP contribution >= 0.6 is 11.6 Å². The number of ether oxygens (including phenoxy) is 1. The summed E-state index contributed by atoms with van der Waals surface area (Å²) in [5, 5.41) is 14.2. The molecule has 0 bridgehead atoms. The summed E-state index contributed by atoms with van der Waals surface area (Å²) in [6, 6.07) is 11.3. The third kappa shape index (κ3) is 5.04. The quantitative estimate of drug-likeness (QED) is 0.444. The molecule has 2 aliphatic rings. The van der Waals surface area contributed by atoms with Crippen LogP contribution in [0.2, 0.25) is 5.02 Å². The summed E-state index contributed by atoms with van der Waals surface area (Å²) in [7, 11) is 0. The maximum Gasteiger partial charge on any atom is 0.573 e. The number of halogens is 4. The number of carbonyl (C=O) groups is 2. The summed E-state index contributed by atoms with van der Waals surface area (Å²) >= 11 is 6.03. The van der Waals surface area contributed by atoms with Crippen molar-refractivity contribution in [1.82, 2.24) is 19.6 Å². The van der Waals surface area contributed by atoms with Gasteiger partial charge in [-0.15, -0.1) is 13.2 Å². The zero-order chi connectivity index (χ0) is 28.1. The zero-order valence-electron chi connectivity index (χ0n) is 21.0. The summed E-state index contributed by atoms with van der Waals surface area (Å²) in [6.07, 6.45) is -4.38. The minimum atomic E-state index is -4.82. The summed E-state index contributed by atoms with van der Waals surface area (Å²) in [5.41, 5.74) is 2.75. The van der Waals surface area contributed by atoms with E-state index in [9.17, 15) is 28.0 Å². The Morgan fingerprint density at radius 2 is 2.00 bits per heavy atom. The number of fused-ring (bicyclic) bond motifs is 3. The first kappa shape index (κ1) is 26.6. The van der Waals surface area contributed by atoms with Crippen LogP contribution in [0.15, 0.2) is 42.5 Å². The molecule has 202 valence electrons. The van der Waals surface area contributed by atoms with Gasteiger partial charge in [-0.3, -0.25) is 14.3 Å². The third-order valence-corrected chi connectivity index (χ3v) is 7.46. The highest BCUT2D eigenvalue weighted by Crippen LogP contribution is 2.34. The molecule has 2 amide bonds. The molecular formula is C27H23ClF3N5O3. The van der Waals surface area contributed by atoms with E-state index in [0.29, 0.717) is 41.9 Å². The normalized spacial score (nSPS) is 17.8. The molecule has 12 heteroatoms. The van der Waals surface area contributed by atoms with Gasteiger partial charge >= 0.3 is 6.36 Å². The van der Waals surface area contributed by atoms with E-state index in [2.05, 4.69) is 9.84 Å². The van der Waals surface area contributed by atoms with Crippen LogP contribution in [0.4, 0.5) is 13.2 Å². The molecule has 0 saturated heterocycles. The van der Waals surface area contributed by atoms with E-state index in [0.717, 1.165) is 5.69 Å². The lowest BCUT2D eigenvalue weighted by atomic mass is 9.97. The molecule has 8 nitrogen and oxygen atoms in total. The van der Waals surface area contributed by atoms with Crippen molar-refractivity contribution < 1.29 is 27.5 Å². The Morgan fingerprint density at radius 3 is 2.72 bits per heavy atom. The third-order valence-electron chi connectivity index (χ3n) is 7.14. The average molecular weight is 558 g/mol. The number of aromatic nitrogens is 2. The topological polar surface area (TPSA) is 91.5 Å². The number of benzene rings is 2. The molecule has 0 radical (unpaired) electrons. The van der Waals surface area contributed by atoms with Crippen LogP contribution < -0.4 is 4.74 Å². The number of rotatable bonds is 4. The number of alkyl halides is 3. The Kier molecular flexibility index (Phi) is 6.76. The molecule has 2 aromatic carbocycles. The fourth-order valence-electron chi connectivity index (χ4n) is 5.14. The Morgan fingerprint density at radius 1 is 1.23 bits per heavy atom. The van der Waals surface area contributed by atoms with Gasteiger partial charge in [-0.2, -0.15) is 10.4 Å². The predicted molar refractivity (Wildman–Crippen MR) is 134 cm³/mol. The SMILES string of the molecule is C[C@@H]1Cc2nn3c(c2CN1C(=O)c1ccc(Cl)c(C#N)c1)C(=O)N([C@@H](C)c1cccc(OC(F)(F)F)c1)CC3. The van der Waals surface area contributed by atoms with Gasteiger partial charge in [0.15, 0.2) is 0 Å². The largest absolute Gasteiger partial charge is 0.573 e. The fourth-order valence-corrected chi connectivity index (χ4v) is 5.30. The molecule has 0 N–H and O–H groups in total. The maximum atomic E-state index is 13.7. The standard InChI is InChI=1S/C27H23ClF3N5O3/c1-15-10-23-21(14-35(15)25(37)18-6-7-22(28)19(11-18)13-32)24-26(38)34(8-9-36(24)33-23)16(2)17-4-3-5-20(12-17)39-27(29,30)31/h3-7,11-12,15-16H,8-10,14H2,1-2H3/t15-,16+/m1/s1. The summed E-state index contributed by atoms with van der Waals surface area (Å²) < 4.78 is 43.8. The number of hydrogen-bond acceptors (Lipinski definition) is 5. The Labute approximate surface area is 227 Å². The molecule has 3 aromatic rings. The Bertz CT molecular complexity index is 1510. The first-order chi connectivity index (χ1) is 18.5. The minimum Gasteiger partial charge on any atom is -0.406 e. The second-order valence-corrected chi connectivity index (χ2v) is 9.99. The number of nitriles is 1. The van der Waals surface area contributed by atoms with Crippen LogP contribution in [-0.4, -0.2) is 50.3 Å². The highest BCUT2D eigenvalue weighted by molar-refractivity contribution is 6.31. The van der Waals surface area contributed by atoms with Gasteiger partial charge in [0, 0.05) is 30.1 Å². The monoisotopic (exact) mass is 557 g/mol. The van der Waals surface area contributed by atoms with E-state index < -0.39 is 12.4 Å². The van der Waals surface area contributed by atoms with Crippen LogP contribution in [0.5, 0.6) is 5.75 Å². The molecule has 0 aliphatic carbocycles. The van der Waals surface area contributed by atoms with Gasteiger partial charge in [0.25, 0.3) is 11.8 Å². The smallest absolute Gasteiger partial charge is 0.406 e. The molecule has 2 atom stereocenters. The lowest BCUT2D eigenvalue weighted by Crippen LogP contribution is -2.44. The first-order valence-electron chi connectivity index (χ1n) is 12.2. The van der Waals surface area contributed by atoms with Crippen LogP contribution in [-0.2, 0) is 19.5 Å². The van der Waals surface area contributed by atoms with Gasteiger partial charge in [0.1, 0.15) is 17.5 Å². The van der Waals surface area contributed by atoms with Gasteiger partial charge in [-0.25, -0.2) is 0 Å². The van der Waals surface area contributed by atoms with Crippen molar-refractivity contribution in [2.24, 2.45) is 0 Å². The summed E-state index contributed by atoms with van der Waals surface area (Å²) in [4.78, 5) is 30.4. The Balaban J connectivity index is 1.42. The molecule has 0 saturated carbocycles. The highest BCUT2D eigenvalue weighted by atomic mass is 35.5. The number of amides is 2. The van der Waals surface area contributed by atoms with E-state index in [1.54, 1.807) is 33.5 Å². The van der Waals surface area contributed by atoms with Crippen LogP contribution in [0.3, 0.4) is 0 Å². The fraction of sp³-hybridized carbons (Fsp3) is 0.333. The second-order valence-electron chi connectivity index (χ2n) is 9.58. The number of carbonyl (C=O) groups excluding carboxylic acids is 2. The molecular weight excluding hydrogens is 535 g/mol. The van der Waals surface area contributed by atoms with E-state index in [-0.39, 0.29) is 40.7 Å². The molecule has 0 unspecified atom stereocenters. The van der Waals surface area contributed by atoms with Gasteiger partial charge in [-0.05, 0) is 49.7 Å². The van der Waals surface area contributed by atoms with Crippen LogP contribution in [0.1, 0.15) is 63.1 Å². The maximum absolute atomic E-state index is 13.7. The van der Waals surface area contributed by atoms with Crippen molar-refractivity contribution in [3.63, 3.8) is 0 Å². The van der Waals surface area contributed by atoms with Crippen molar-refractivity contribution in [2.45, 2.75) is 51.8 Å². The van der Waals surface area contributed by atoms with E-state index in [4.69, 9.17) is 11.6 Å². The first-order valence-corrected chi connectivity index (χ1v) is 12.6. The minimum absolute atomic E-state index is 0.151. The lowest BCUT2D eigenvalue weighted by molar-refractivity contribution is -0.274. The molecule has 2 aliphatic heterocycles. The van der Waals surface area contributed by atoms with Crippen molar-refractivity contribution >= 4 is 23.4 Å². The molecule has 1 aromatic heterocycles. The van der Waals surface area contributed by atoms with Crippen LogP contribution in [0.25, 0.3) is 0 Å². The van der Waals surface area contributed by atoms with E-state index in [1.807, 2.05) is 13.0 Å². The summed E-state index contributed by atoms with van der Waals surface area (Å²) in [6.45, 7) is 4.51. The van der Waals surface area contributed by atoms with Crippen molar-refractivity contribution in [3.05, 3.63) is 81.1 Å². The molecule has 0 fully saturated rings. The van der Waals surface area contributed by atoms with Crippen molar-refractivity contribution in [1.29, 1.82) is 5.26 Å².